The van der Waals surface area contributed by atoms with Gasteiger partial charge in [0.1, 0.15) is 0 Å². The van der Waals surface area contributed by atoms with Gasteiger partial charge < -0.3 is 4.74 Å². The molecular formula is C18H21BrN2O3. The number of fused-ring (bicyclic) bond motifs is 2. The van der Waals surface area contributed by atoms with Crippen LogP contribution < -0.4 is 5.43 Å². The monoisotopic (exact) mass is 392 g/mol. The van der Waals surface area contributed by atoms with E-state index in [0.29, 0.717) is 18.6 Å². The molecule has 1 aromatic rings. The summed E-state index contributed by atoms with van der Waals surface area (Å²) < 4.78 is 6.53. The van der Waals surface area contributed by atoms with Crippen molar-refractivity contribution in [2.24, 2.45) is 15.9 Å². The van der Waals surface area contributed by atoms with Gasteiger partial charge in [0, 0.05) is 9.89 Å². The summed E-state index contributed by atoms with van der Waals surface area (Å²) in [5.41, 5.74) is 1.89. The highest BCUT2D eigenvalue weighted by Gasteiger charge is 2.75. The fourth-order valence-electron chi connectivity index (χ4n) is 3.73. The molecule has 1 aliphatic heterocycles. The molecular weight excluding hydrogens is 372 g/mol. The lowest BCUT2D eigenvalue weighted by Gasteiger charge is -2.34. The van der Waals surface area contributed by atoms with Gasteiger partial charge in [-0.05, 0) is 44.4 Å². The third-order valence-electron chi connectivity index (χ3n) is 6.04. The van der Waals surface area contributed by atoms with Gasteiger partial charge in [-0.25, -0.2) is 5.43 Å². The third kappa shape index (κ3) is 2.15. The van der Waals surface area contributed by atoms with Gasteiger partial charge in [-0.15, -0.1) is 0 Å². The smallest absolute Gasteiger partial charge is 0.313 e. The molecule has 5 nitrogen and oxygen atoms in total. The van der Waals surface area contributed by atoms with Crippen LogP contribution in [0.2, 0.25) is 0 Å². The minimum Gasteiger partial charge on any atom is -0.448 e. The predicted octanol–water partition coefficient (Wildman–Crippen LogP) is 3.41. The second-order valence-corrected chi connectivity index (χ2v) is 8.23. The Bertz CT molecular complexity index is 741. The van der Waals surface area contributed by atoms with E-state index < -0.39 is 16.4 Å². The standard InChI is InChI=1S/C18H21BrN2O3/c1-11(12-5-7-13(19)8-6-12)20-21-14(22)18-10-9-17(4,15(23)24-18)16(18,2)3/h5-8H,9-10H2,1-4H3,(H,21,22)/b20-11-/t17-,18+/m0/s1. The Morgan fingerprint density at radius 3 is 2.33 bits per heavy atom. The highest BCUT2D eigenvalue weighted by molar-refractivity contribution is 9.10. The van der Waals surface area contributed by atoms with E-state index in [9.17, 15) is 9.59 Å². The number of hydrogen-bond acceptors (Lipinski definition) is 4. The zero-order valence-corrected chi connectivity index (χ0v) is 15.9. The van der Waals surface area contributed by atoms with Crippen molar-refractivity contribution in [3.8, 4) is 0 Å². The van der Waals surface area contributed by atoms with Crippen molar-refractivity contribution in [3.05, 3.63) is 34.3 Å². The van der Waals surface area contributed by atoms with Gasteiger partial charge in [-0.2, -0.15) is 5.10 Å². The van der Waals surface area contributed by atoms with Crippen molar-refractivity contribution in [3.63, 3.8) is 0 Å². The molecule has 1 saturated carbocycles. The van der Waals surface area contributed by atoms with E-state index in [2.05, 4.69) is 26.5 Å². The molecule has 1 amide bonds. The van der Waals surface area contributed by atoms with Crippen molar-refractivity contribution in [1.29, 1.82) is 0 Å². The fourth-order valence-corrected chi connectivity index (χ4v) is 3.99. The summed E-state index contributed by atoms with van der Waals surface area (Å²) in [5, 5.41) is 4.20. The first kappa shape index (κ1) is 17.1. The number of benzene rings is 1. The molecule has 24 heavy (non-hydrogen) atoms. The lowest BCUT2D eigenvalue weighted by molar-refractivity contribution is -0.168. The Hall–Kier alpha value is -1.69. The van der Waals surface area contributed by atoms with Crippen LogP contribution in [-0.2, 0) is 14.3 Å². The highest BCUT2D eigenvalue weighted by atomic mass is 79.9. The summed E-state index contributed by atoms with van der Waals surface area (Å²) in [6, 6.07) is 7.66. The summed E-state index contributed by atoms with van der Waals surface area (Å²) in [6.45, 7) is 7.56. The molecule has 2 atom stereocenters. The number of nitrogens with one attached hydrogen (secondary N) is 1. The predicted molar refractivity (Wildman–Crippen MR) is 94.4 cm³/mol. The maximum atomic E-state index is 12.8. The number of halogens is 1. The van der Waals surface area contributed by atoms with Crippen LogP contribution in [-0.4, -0.2) is 23.2 Å². The van der Waals surface area contributed by atoms with E-state index in [1.165, 1.54) is 0 Å². The number of hydrazone groups is 1. The molecule has 1 heterocycles. The summed E-state index contributed by atoms with van der Waals surface area (Å²) in [6.07, 6.45) is 1.18. The molecule has 1 aliphatic carbocycles. The van der Waals surface area contributed by atoms with Gasteiger partial charge in [0.05, 0.1) is 11.1 Å². The summed E-state index contributed by atoms with van der Waals surface area (Å²) in [5.74, 6) is -0.638. The minimum atomic E-state index is -1.14. The SMILES string of the molecule is C/C(=N/NC(=O)[C@@]12CC[C@@](C)(C(=O)O1)C2(C)C)c1ccc(Br)cc1. The van der Waals surface area contributed by atoms with Crippen molar-refractivity contribution >= 4 is 33.5 Å². The highest BCUT2D eigenvalue weighted by Crippen LogP contribution is 2.65. The topological polar surface area (TPSA) is 67.8 Å². The second-order valence-electron chi connectivity index (χ2n) is 7.32. The van der Waals surface area contributed by atoms with Gasteiger partial charge in [0.25, 0.3) is 5.91 Å². The maximum absolute atomic E-state index is 12.8. The van der Waals surface area contributed by atoms with Crippen molar-refractivity contribution in [2.45, 2.75) is 46.1 Å². The van der Waals surface area contributed by atoms with Crippen LogP contribution >= 0.6 is 15.9 Å². The number of amides is 1. The van der Waals surface area contributed by atoms with Crippen molar-refractivity contribution < 1.29 is 14.3 Å². The molecule has 3 rings (SSSR count). The lowest BCUT2D eigenvalue weighted by Crippen LogP contribution is -2.52. The molecule has 0 aromatic heterocycles. The Kier molecular flexibility index (Phi) is 3.86. The Labute approximate surface area is 150 Å². The molecule has 2 fully saturated rings. The number of nitrogens with zero attached hydrogens (tertiary/aromatic N) is 1. The van der Waals surface area contributed by atoms with Gasteiger partial charge in [0.2, 0.25) is 0 Å². The molecule has 6 heteroatoms. The largest absolute Gasteiger partial charge is 0.448 e. The zero-order valence-electron chi connectivity index (χ0n) is 14.3. The molecule has 0 unspecified atom stereocenters. The van der Waals surface area contributed by atoms with E-state index in [4.69, 9.17) is 4.74 Å². The number of carbonyl (C=O) groups is 2. The van der Waals surface area contributed by atoms with Gasteiger partial charge in [-0.3, -0.25) is 9.59 Å². The van der Waals surface area contributed by atoms with Crippen LogP contribution in [0.1, 0.15) is 46.1 Å². The van der Waals surface area contributed by atoms with Crippen LogP contribution in [0.4, 0.5) is 0 Å². The molecule has 1 aromatic carbocycles. The molecule has 0 radical (unpaired) electrons. The molecule has 1 N–H and O–H groups in total. The van der Waals surface area contributed by atoms with Gasteiger partial charge >= 0.3 is 5.97 Å². The van der Waals surface area contributed by atoms with Gasteiger partial charge in [0.15, 0.2) is 5.60 Å². The molecule has 128 valence electrons. The van der Waals surface area contributed by atoms with Crippen LogP contribution in [0.5, 0.6) is 0 Å². The van der Waals surface area contributed by atoms with Crippen LogP contribution in [0.25, 0.3) is 0 Å². The number of esters is 1. The van der Waals surface area contributed by atoms with Crippen molar-refractivity contribution in [1.82, 2.24) is 5.43 Å². The zero-order chi connectivity index (χ0) is 17.8. The first-order valence-electron chi connectivity index (χ1n) is 7.98. The Morgan fingerprint density at radius 1 is 1.21 bits per heavy atom. The quantitative estimate of drug-likeness (QED) is 0.486. The fraction of sp³-hybridized carbons (Fsp3) is 0.500. The number of ether oxygens (including phenoxy) is 1. The maximum Gasteiger partial charge on any atom is 0.313 e. The van der Waals surface area contributed by atoms with E-state index in [1.54, 1.807) is 0 Å². The molecule has 1 saturated heterocycles. The normalized spacial score (nSPS) is 31.0. The number of hydrogen-bond donors (Lipinski definition) is 1. The number of rotatable bonds is 3. The molecule has 2 aliphatic rings. The lowest BCUT2D eigenvalue weighted by atomic mass is 9.66. The van der Waals surface area contributed by atoms with Gasteiger partial charge in [-0.1, -0.05) is 41.9 Å². The average Bonchev–Trinajstić information content (AvgIpc) is 2.83. The summed E-state index contributed by atoms with van der Waals surface area (Å²) >= 11 is 3.39. The van der Waals surface area contributed by atoms with E-state index >= 15 is 0 Å². The van der Waals surface area contributed by atoms with Crippen LogP contribution in [0.15, 0.2) is 33.8 Å². The van der Waals surface area contributed by atoms with E-state index in [-0.39, 0.29) is 11.9 Å². The summed E-state index contributed by atoms with van der Waals surface area (Å²) in [4.78, 5) is 25.0. The Balaban J connectivity index is 1.82. The third-order valence-corrected chi connectivity index (χ3v) is 6.57. The first-order chi connectivity index (χ1) is 11.1. The van der Waals surface area contributed by atoms with Crippen LogP contribution in [0, 0.1) is 10.8 Å². The minimum absolute atomic E-state index is 0.289. The molecule has 0 spiro atoms. The van der Waals surface area contributed by atoms with Crippen LogP contribution in [0.3, 0.4) is 0 Å². The Morgan fingerprint density at radius 2 is 1.83 bits per heavy atom. The summed E-state index contributed by atoms with van der Waals surface area (Å²) in [7, 11) is 0. The van der Waals surface area contributed by atoms with E-state index in [0.717, 1.165) is 10.0 Å². The second kappa shape index (κ2) is 5.41. The number of carbonyl (C=O) groups excluding carboxylic acids is 2. The molecule has 2 bridgehead atoms. The van der Waals surface area contributed by atoms with Crippen molar-refractivity contribution in [2.75, 3.05) is 0 Å². The average molecular weight is 393 g/mol. The van der Waals surface area contributed by atoms with E-state index in [1.807, 2.05) is 52.0 Å². The first-order valence-corrected chi connectivity index (χ1v) is 8.77.